The summed E-state index contributed by atoms with van der Waals surface area (Å²) in [5.74, 6) is -0.488. The molecule has 0 aliphatic carbocycles. The van der Waals surface area contributed by atoms with Gasteiger partial charge in [-0.05, 0) is 12.8 Å². The first-order valence-electron chi connectivity index (χ1n) is 6.21. The molecule has 2 amide bonds. The van der Waals surface area contributed by atoms with Crippen LogP contribution in [-0.2, 0) is 13.9 Å². The van der Waals surface area contributed by atoms with Crippen LogP contribution in [0.2, 0.25) is 0 Å². The monoisotopic (exact) mass is 291 g/mol. The van der Waals surface area contributed by atoms with Crippen molar-refractivity contribution in [1.82, 2.24) is 14.7 Å². The molecule has 2 atom stereocenters. The summed E-state index contributed by atoms with van der Waals surface area (Å²) in [7, 11) is -2.01. The molecule has 0 bridgehead atoms. The number of β-lactam (4-membered cyclic amide) rings is 1. The van der Waals surface area contributed by atoms with Crippen LogP contribution in [0.3, 0.4) is 0 Å². The first-order chi connectivity index (χ1) is 8.99. The Bertz CT molecular complexity index is 423. The molecule has 8 nitrogen and oxygen atoms in total. The van der Waals surface area contributed by atoms with Crippen molar-refractivity contribution in [1.29, 1.82) is 0 Å². The van der Waals surface area contributed by atoms with E-state index in [-0.39, 0.29) is 6.54 Å². The SMILES string of the molecule is COP(=O)(N1CCCCC1)N1CC(NC(=O)O)C1=O. The normalized spacial score (nSPS) is 27.5. The van der Waals surface area contributed by atoms with Gasteiger partial charge in [-0.3, -0.25) is 9.46 Å². The molecule has 0 radical (unpaired) electrons. The van der Waals surface area contributed by atoms with E-state index in [9.17, 15) is 14.2 Å². The number of piperidine rings is 1. The molecule has 2 saturated heterocycles. The van der Waals surface area contributed by atoms with Gasteiger partial charge >= 0.3 is 13.8 Å². The average Bonchev–Trinajstić information content (AvgIpc) is 2.42. The first kappa shape index (κ1) is 14.3. The van der Waals surface area contributed by atoms with Crippen molar-refractivity contribution in [3.63, 3.8) is 0 Å². The minimum atomic E-state index is -3.33. The Morgan fingerprint density at radius 2 is 2.05 bits per heavy atom. The van der Waals surface area contributed by atoms with Gasteiger partial charge in [0.25, 0.3) is 5.91 Å². The summed E-state index contributed by atoms with van der Waals surface area (Å²) < 4.78 is 20.8. The van der Waals surface area contributed by atoms with Gasteiger partial charge in [0.1, 0.15) is 6.04 Å². The fraction of sp³-hybridized carbons (Fsp3) is 0.800. The Hall–Kier alpha value is -1.11. The fourth-order valence-electron chi connectivity index (χ4n) is 2.39. The molecule has 2 fully saturated rings. The lowest BCUT2D eigenvalue weighted by Gasteiger charge is -2.45. The summed E-state index contributed by atoms with van der Waals surface area (Å²) in [6.07, 6.45) is 1.67. The Balaban J connectivity index is 2.04. The van der Waals surface area contributed by atoms with E-state index in [1.807, 2.05) is 0 Å². The molecule has 2 heterocycles. The molecular weight excluding hydrogens is 273 g/mol. The van der Waals surface area contributed by atoms with E-state index in [2.05, 4.69) is 5.32 Å². The van der Waals surface area contributed by atoms with E-state index in [4.69, 9.17) is 9.63 Å². The van der Waals surface area contributed by atoms with Crippen LogP contribution < -0.4 is 5.32 Å². The zero-order valence-corrected chi connectivity index (χ0v) is 11.6. The molecule has 0 aromatic rings. The number of carbonyl (C=O) groups is 2. The smallest absolute Gasteiger partial charge is 0.405 e. The fourth-order valence-corrected chi connectivity index (χ4v) is 4.67. The molecule has 0 spiro atoms. The lowest BCUT2D eigenvalue weighted by atomic mass is 10.2. The third kappa shape index (κ3) is 2.61. The second-order valence-corrected chi connectivity index (χ2v) is 7.00. The van der Waals surface area contributed by atoms with Crippen LogP contribution >= 0.6 is 7.67 Å². The molecule has 2 aliphatic heterocycles. The number of hydrogen-bond donors (Lipinski definition) is 2. The van der Waals surface area contributed by atoms with E-state index in [0.717, 1.165) is 23.9 Å². The van der Waals surface area contributed by atoms with Crippen LogP contribution in [-0.4, -0.2) is 59.2 Å². The second kappa shape index (κ2) is 5.48. The highest BCUT2D eigenvalue weighted by molar-refractivity contribution is 7.54. The molecule has 9 heteroatoms. The number of carbonyl (C=O) groups excluding carboxylic acids is 1. The maximum atomic E-state index is 12.8. The van der Waals surface area contributed by atoms with Gasteiger partial charge in [0.15, 0.2) is 0 Å². The summed E-state index contributed by atoms with van der Waals surface area (Å²) in [6, 6.07) is -0.814. The van der Waals surface area contributed by atoms with Gasteiger partial charge in [-0.25, -0.2) is 14.0 Å². The van der Waals surface area contributed by atoms with Crippen molar-refractivity contribution < 1.29 is 23.8 Å². The predicted molar refractivity (Wildman–Crippen MR) is 66.7 cm³/mol. The van der Waals surface area contributed by atoms with E-state index < -0.39 is 25.7 Å². The van der Waals surface area contributed by atoms with Crippen molar-refractivity contribution in [3.8, 4) is 0 Å². The van der Waals surface area contributed by atoms with Gasteiger partial charge in [-0.2, -0.15) is 0 Å². The molecule has 0 aromatic heterocycles. The molecule has 19 heavy (non-hydrogen) atoms. The highest BCUT2D eigenvalue weighted by atomic mass is 31.2. The van der Waals surface area contributed by atoms with Crippen molar-refractivity contribution in [2.24, 2.45) is 0 Å². The van der Waals surface area contributed by atoms with Gasteiger partial charge in [-0.1, -0.05) is 6.42 Å². The molecule has 2 N–H and O–H groups in total. The van der Waals surface area contributed by atoms with Crippen molar-refractivity contribution >= 4 is 19.7 Å². The van der Waals surface area contributed by atoms with Crippen LogP contribution in [0.5, 0.6) is 0 Å². The van der Waals surface area contributed by atoms with Crippen molar-refractivity contribution in [2.45, 2.75) is 25.3 Å². The van der Waals surface area contributed by atoms with Gasteiger partial charge in [0.2, 0.25) is 0 Å². The number of rotatable bonds is 4. The number of carboxylic acid groups (broad SMARTS) is 1. The maximum Gasteiger partial charge on any atom is 0.405 e. The predicted octanol–water partition coefficient (Wildman–Crippen LogP) is 0.705. The first-order valence-corrected chi connectivity index (χ1v) is 7.74. The lowest BCUT2D eigenvalue weighted by Crippen LogP contribution is -2.63. The number of nitrogens with one attached hydrogen (secondary N) is 1. The summed E-state index contributed by atoms with van der Waals surface area (Å²) in [5, 5.41) is 10.7. The zero-order valence-electron chi connectivity index (χ0n) is 10.7. The summed E-state index contributed by atoms with van der Waals surface area (Å²) in [5.41, 5.74) is 0. The zero-order chi connectivity index (χ0) is 14.0. The van der Waals surface area contributed by atoms with Gasteiger partial charge in [-0.15, -0.1) is 0 Å². The van der Waals surface area contributed by atoms with E-state index in [1.54, 1.807) is 4.67 Å². The van der Waals surface area contributed by atoms with E-state index >= 15 is 0 Å². The highest BCUT2D eigenvalue weighted by Crippen LogP contribution is 2.57. The molecule has 0 saturated carbocycles. The highest BCUT2D eigenvalue weighted by Gasteiger charge is 2.51. The van der Waals surface area contributed by atoms with Crippen LogP contribution in [0.4, 0.5) is 4.79 Å². The molecule has 2 unspecified atom stereocenters. The van der Waals surface area contributed by atoms with Gasteiger partial charge < -0.3 is 14.9 Å². The maximum absolute atomic E-state index is 12.8. The van der Waals surface area contributed by atoms with Gasteiger partial charge in [0, 0.05) is 20.2 Å². The quantitative estimate of drug-likeness (QED) is 0.584. The van der Waals surface area contributed by atoms with Gasteiger partial charge in [0.05, 0.1) is 6.54 Å². The lowest BCUT2D eigenvalue weighted by molar-refractivity contribution is -0.137. The third-order valence-electron chi connectivity index (χ3n) is 3.44. The molecule has 2 rings (SSSR count). The number of hydrogen-bond acceptors (Lipinski definition) is 4. The largest absolute Gasteiger partial charge is 0.465 e. The Morgan fingerprint density at radius 3 is 2.53 bits per heavy atom. The van der Waals surface area contributed by atoms with Crippen LogP contribution in [0.1, 0.15) is 19.3 Å². The summed E-state index contributed by atoms with van der Waals surface area (Å²) in [6.45, 7) is 1.35. The molecular formula is C10H18N3O5P. The van der Waals surface area contributed by atoms with Crippen LogP contribution in [0.15, 0.2) is 0 Å². The third-order valence-corrected chi connectivity index (χ3v) is 6.00. The summed E-state index contributed by atoms with van der Waals surface area (Å²) in [4.78, 5) is 22.3. The Morgan fingerprint density at radius 1 is 1.42 bits per heavy atom. The van der Waals surface area contributed by atoms with Crippen molar-refractivity contribution in [3.05, 3.63) is 0 Å². The van der Waals surface area contributed by atoms with E-state index in [0.29, 0.717) is 13.1 Å². The van der Waals surface area contributed by atoms with Crippen LogP contribution in [0.25, 0.3) is 0 Å². The Kier molecular flexibility index (Phi) is 4.13. The molecule has 0 aromatic carbocycles. The average molecular weight is 291 g/mol. The second-order valence-electron chi connectivity index (χ2n) is 4.61. The molecule has 2 aliphatic rings. The minimum absolute atomic E-state index is 0.0900. The number of amides is 2. The Labute approximate surface area is 111 Å². The van der Waals surface area contributed by atoms with E-state index in [1.165, 1.54) is 7.11 Å². The minimum Gasteiger partial charge on any atom is -0.465 e. The molecule has 108 valence electrons. The van der Waals surface area contributed by atoms with Crippen molar-refractivity contribution in [2.75, 3.05) is 26.7 Å². The summed E-state index contributed by atoms with van der Waals surface area (Å²) >= 11 is 0. The standard InChI is InChI=1S/C10H18N3O5P/c1-18-19(17,12-5-3-2-4-6-12)13-7-8(9(13)14)11-10(15)16/h8,11H,2-7H2,1H3,(H,15,16). The van der Waals surface area contributed by atoms with Crippen LogP contribution in [0, 0.1) is 0 Å². The topological polar surface area (TPSA) is 99.2 Å². The number of nitrogens with zero attached hydrogens (tertiary/aromatic N) is 2.